The number of nitrogens with one attached hydrogen (secondary N) is 1. The van der Waals surface area contributed by atoms with E-state index in [4.69, 9.17) is 14.2 Å². The van der Waals surface area contributed by atoms with Crippen molar-refractivity contribution in [3.05, 3.63) is 50.4 Å². The Morgan fingerprint density at radius 3 is 2.48 bits per heavy atom. The SMILES string of the molecule is CCOC(=O)CC#CCCOc1cc2c(=O)cc(C(=O)OCC)[nH]c2ccc1=O. The van der Waals surface area contributed by atoms with Crippen molar-refractivity contribution in [1.82, 2.24) is 4.98 Å². The van der Waals surface area contributed by atoms with Crippen molar-refractivity contribution in [3.8, 4) is 17.6 Å². The number of carbonyl (C=O) groups is 2. The third kappa shape index (κ3) is 6.21. The molecule has 0 spiro atoms. The summed E-state index contributed by atoms with van der Waals surface area (Å²) in [6.45, 7) is 3.95. The number of aromatic amines is 1. The minimum Gasteiger partial charge on any atom is -0.488 e. The predicted molar refractivity (Wildman–Crippen MR) is 106 cm³/mol. The number of H-pyrrole nitrogens is 1. The van der Waals surface area contributed by atoms with E-state index in [2.05, 4.69) is 16.8 Å². The van der Waals surface area contributed by atoms with Gasteiger partial charge in [0.1, 0.15) is 12.1 Å². The number of fused-ring (bicyclic) bond motifs is 1. The van der Waals surface area contributed by atoms with Gasteiger partial charge < -0.3 is 19.2 Å². The maximum atomic E-state index is 12.4. The average Bonchev–Trinajstić information content (AvgIpc) is 2.84. The van der Waals surface area contributed by atoms with Crippen LogP contribution >= 0.6 is 0 Å². The molecule has 29 heavy (non-hydrogen) atoms. The normalized spacial score (nSPS) is 10.0. The monoisotopic (exact) mass is 399 g/mol. The number of esters is 2. The van der Waals surface area contributed by atoms with E-state index < -0.39 is 22.8 Å². The van der Waals surface area contributed by atoms with Crippen LogP contribution in [-0.2, 0) is 14.3 Å². The van der Waals surface area contributed by atoms with Crippen LogP contribution < -0.4 is 15.6 Å². The molecule has 1 N–H and O–H groups in total. The summed E-state index contributed by atoms with van der Waals surface area (Å²) in [7, 11) is 0. The third-order valence-electron chi connectivity index (χ3n) is 3.66. The van der Waals surface area contributed by atoms with E-state index in [-0.39, 0.29) is 36.5 Å². The highest BCUT2D eigenvalue weighted by atomic mass is 16.5. The molecule has 0 bridgehead atoms. The van der Waals surface area contributed by atoms with Gasteiger partial charge in [0.25, 0.3) is 0 Å². The lowest BCUT2D eigenvalue weighted by molar-refractivity contribution is -0.141. The summed E-state index contributed by atoms with van der Waals surface area (Å²) >= 11 is 0. The Hall–Kier alpha value is -3.60. The Labute approximate surface area is 166 Å². The number of pyridine rings is 1. The van der Waals surface area contributed by atoms with Crippen molar-refractivity contribution in [2.45, 2.75) is 26.7 Å². The molecule has 0 amide bonds. The maximum Gasteiger partial charge on any atom is 0.354 e. The Morgan fingerprint density at radius 1 is 1.00 bits per heavy atom. The fourth-order valence-electron chi connectivity index (χ4n) is 2.39. The van der Waals surface area contributed by atoms with Crippen molar-refractivity contribution in [2.75, 3.05) is 19.8 Å². The first-order valence-corrected chi connectivity index (χ1v) is 9.09. The summed E-state index contributed by atoms with van der Waals surface area (Å²) in [4.78, 5) is 50.4. The number of aromatic nitrogens is 1. The van der Waals surface area contributed by atoms with Gasteiger partial charge >= 0.3 is 11.9 Å². The van der Waals surface area contributed by atoms with Gasteiger partial charge in [0.05, 0.1) is 25.3 Å². The fourth-order valence-corrected chi connectivity index (χ4v) is 2.39. The van der Waals surface area contributed by atoms with Crippen molar-refractivity contribution in [2.24, 2.45) is 0 Å². The standard InChI is InChI=1S/C21H21NO7/c1-3-27-20(25)8-6-5-7-11-29-19-12-14-15(9-10-17(19)23)22-16(13-18(14)24)21(26)28-4-2/h9-10,12-13H,3-4,7-8,11H2,1-2H3,(H,22,24). The summed E-state index contributed by atoms with van der Waals surface area (Å²) in [6.07, 6.45) is 0.280. The molecule has 8 heteroatoms. The van der Waals surface area contributed by atoms with Crippen molar-refractivity contribution >= 4 is 22.8 Å². The quantitative estimate of drug-likeness (QED) is 0.429. The van der Waals surface area contributed by atoms with Crippen molar-refractivity contribution < 1.29 is 23.8 Å². The highest BCUT2D eigenvalue weighted by Crippen LogP contribution is 2.12. The molecular formula is C21H21NO7. The average molecular weight is 399 g/mol. The molecule has 0 aliphatic heterocycles. The number of hydrogen-bond acceptors (Lipinski definition) is 7. The van der Waals surface area contributed by atoms with Crippen LogP contribution in [-0.4, -0.2) is 36.7 Å². The van der Waals surface area contributed by atoms with Crippen molar-refractivity contribution in [3.63, 3.8) is 0 Å². The zero-order valence-corrected chi connectivity index (χ0v) is 16.2. The topological polar surface area (TPSA) is 112 Å². The largest absolute Gasteiger partial charge is 0.488 e. The summed E-state index contributed by atoms with van der Waals surface area (Å²) < 4.78 is 15.1. The molecule has 0 saturated carbocycles. The van der Waals surface area contributed by atoms with Crippen molar-refractivity contribution in [1.29, 1.82) is 0 Å². The Kier molecular flexibility index (Phi) is 7.98. The Morgan fingerprint density at radius 2 is 1.76 bits per heavy atom. The van der Waals surface area contributed by atoms with Crippen LogP contribution in [0.2, 0.25) is 0 Å². The first-order valence-electron chi connectivity index (χ1n) is 9.09. The van der Waals surface area contributed by atoms with Gasteiger partial charge in [0, 0.05) is 17.9 Å². The lowest BCUT2D eigenvalue weighted by Crippen LogP contribution is -2.12. The molecule has 0 radical (unpaired) electrons. The van der Waals surface area contributed by atoms with E-state index in [1.807, 2.05) is 0 Å². The van der Waals surface area contributed by atoms with Crippen LogP contribution in [0.3, 0.4) is 0 Å². The maximum absolute atomic E-state index is 12.4. The number of rotatable bonds is 7. The molecule has 1 aromatic heterocycles. The minimum atomic E-state index is -0.654. The summed E-state index contributed by atoms with van der Waals surface area (Å²) in [5, 5.41) is 0.198. The van der Waals surface area contributed by atoms with Crippen LogP contribution in [0, 0.1) is 11.8 Å². The smallest absolute Gasteiger partial charge is 0.354 e. The van der Waals surface area contributed by atoms with Gasteiger partial charge in [-0.05, 0) is 32.0 Å². The zero-order valence-electron chi connectivity index (χ0n) is 16.2. The van der Waals surface area contributed by atoms with E-state index in [0.29, 0.717) is 18.5 Å². The molecule has 1 aromatic carbocycles. The van der Waals surface area contributed by atoms with E-state index >= 15 is 0 Å². The molecule has 0 aliphatic rings. The van der Waals surface area contributed by atoms with Crippen LogP contribution in [0.5, 0.6) is 5.75 Å². The van der Waals surface area contributed by atoms with E-state index in [1.54, 1.807) is 13.8 Å². The lowest BCUT2D eigenvalue weighted by atomic mass is 10.2. The molecule has 1 heterocycles. The second-order valence-electron chi connectivity index (χ2n) is 5.74. The van der Waals surface area contributed by atoms with Crippen LogP contribution in [0.1, 0.15) is 37.2 Å². The van der Waals surface area contributed by atoms with Gasteiger partial charge in [0.2, 0.25) is 5.43 Å². The second kappa shape index (κ2) is 10.7. The molecule has 2 aromatic rings. The molecule has 0 fully saturated rings. The third-order valence-corrected chi connectivity index (χ3v) is 3.66. The van der Waals surface area contributed by atoms with E-state index in [1.165, 1.54) is 18.2 Å². The van der Waals surface area contributed by atoms with Gasteiger partial charge in [0.15, 0.2) is 11.2 Å². The van der Waals surface area contributed by atoms with Gasteiger partial charge in [-0.15, -0.1) is 0 Å². The van der Waals surface area contributed by atoms with Crippen LogP contribution in [0.15, 0.2) is 33.9 Å². The molecule has 0 atom stereocenters. The second-order valence-corrected chi connectivity index (χ2v) is 5.74. The zero-order chi connectivity index (χ0) is 21.2. The van der Waals surface area contributed by atoms with E-state index in [0.717, 1.165) is 6.07 Å². The van der Waals surface area contributed by atoms with Crippen LogP contribution in [0.4, 0.5) is 0 Å². The van der Waals surface area contributed by atoms with Gasteiger partial charge in [-0.2, -0.15) is 0 Å². The van der Waals surface area contributed by atoms with E-state index in [9.17, 15) is 19.2 Å². The Balaban J connectivity index is 2.17. The molecule has 8 nitrogen and oxygen atoms in total. The Bertz CT molecular complexity index is 1080. The minimum absolute atomic E-state index is 0.00217. The first-order chi connectivity index (χ1) is 14.0. The summed E-state index contributed by atoms with van der Waals surface area (Å²) in [5.41, 5.74) is -0.563. The molecule has 2 rings (SSSR count). The molecular weight excluding hydrogens is 378 g/mol. The number of ether oxygens (including phenoxy) is 3. The molecule has 0 aliphatic carbocycles. The highest BCUT2D eigenvalue weighted by Gasteiger charge is 2.11. The molecule has 152 valence electrons. The number of hydrogen-bond donors (Lipinski definition) is 1. The molecule has 0 saturated heterocycles. The number of carbonyl (C=O) groups excluding carboxylic acids is 2. The predicted octanol–water partition coefficient (Wildman–Crippen LogP) is 1.79. The lowest BCUT2D eigenvalue weighted by Gasteiger charge is -2.03. The fraction of sp³-hybridized carbons (Fsp3) is 0.333. The summed E-state index contributed by atoms with van der Waals surface area (Å²) in [6, 6.07) is 5.11. The van der Waals surface area contributed by atoms with Gasteiger partial charge in [-0.1, -0.05) is 11.8 Å². The highest BCUT2D eigenvalue weighted by molar-refractivity contribution is 5.91. The summed E-state index contributed by atoms with van der Waals surface area (Å²) in [5.74, 6) is 4.35. The van der Waals surface area contributed by atoms with Gasteiger partial charge in [-0.3, -0.25) is 14.4 Å². The first kappa shape index (κ1) is 21.7. The van der Waals surface area contributed by atoms with Crippen LogP contribution in [0.25, 0.3) is 10.9 Å². The molecule has 0 unspecified atom stereocenters. The van der Waals surface area contributed by atoms with Gasteiger partial charge in [-0.25, -0.2) is 4.79 Å².